The Morgan fingerprint density at radius 1 is 1.24 bits per heavy atom. The van der Waals surface area contributed by atoms with Gasteiger partial charge in [0.2, 0.25) is 0 Å². The minimum absolute atomic E-state index is 0.0989. The monoisotopic (exact) mass is 422 g/mol. The maximum Gasteiger partial charge on any atom is 0.428 e. The molecule has 1 saturated carbocycles. The lowest BCUT2D eigenvalue weighted by molar-refractivity contribution is 0.109. The van der Waals surface area contributed by atoms with Gasteiger partial charge in [-0.15, -0.1) is 11.8 Å². The Bertz CT molecular complexity index is 676. The number of thioether (sulfide) groups is 1. The number of nitrogens with one attached hydrogen (secondary N) is 2. The zero-order valence-corrected chi connectivity index (χ0v) is 18.0. The van der Waals surface area contributed by atoms with Crippen molar-refractivity contribution in [1.82, 2.24) is 15.7 Å². The summed E-state index contributed by atoms with van der Waals surface area (Å²) in [5.74, 6) is 1.12. The first-order valence-electron chi connectivity index (χ1n) is 9.98. The van der Waals surface area contributed by atoms with Crippen LogP contribution in [0.2, 0.25) is 0 Å². The van der Waals surface area contributed by atoms with Crippen LogP contribution in [0.25, 0.3) is 0 Å². The standard InChI is InChI=1S/C20H30N4O4S/c1-4-29-18(23-24-20(26)27-13-17-7-5-6-12-21-17)15-8-10-16(11-9-15)22-19(25)28-14(2)3/h5-7,12,14-16H,4,8-11,13H2,1-3H3,(H,22,25)(H,24,26)/b23-18-. The fourth-order valence-corrected chi connectivity index (χ4v) is 3.92. The molecule has 2 rings (SSSR count). The van der Waals surface area contributed by atoms with Crippen molar-refractivity contribution < 1.29 is 19.1 Å². The third kappa shape index (κ3) is 8.72. The predicted molar refractivity (Wildman–Crippen MR) is 114 cm³/mol. The van der Waals surface area contributed by atoms with E-state index in [1.165, 1.54) is 0 Å². The van der Waals surface area contributed by atoms with Crippen molar-refractivity contribution >= 4 is 29.0 Å². The number of nitrogens with zero attached hydrogens (tertiary/aromatic N) is 2. The zero-order valence-electron chi connectivity index (χ0n) is 17.2. The molecule has 1 aliphatic carbocycles. The summed E-state index contributed by atoms with van der Waals surface area (Å²) >= 11 is 1.62. The second-order valence-electron chi connectivity index (χ2n) is 7.04. The highest BCUT2D eigenvalue weighted by Crippen LogP contribution is 2.29. The molecule has 2 N–H and O–H groups in total. The fourth-order valence-electron chi connectivity index (χ4n) is 3.04. The Morgan fingerprint density at radius 2 is 2.00 bits per heavy atom. The van der Waals surface area contributed by atoms with Gasteiger partial charge in [0.05, 0.1) is 16.8 Å². The molecule has 29 heavy (non-hydrogen) atoms. The van der Waals surface area contributed by atoms with E-state index in [9.17, 15) is 9.59 Å². The van der Waals surface area contributed by atoms with Crippen LogP contribution in [0.1, 0.15) is 52.1 Å². The maximum absolute atomic E-state index is 11.9. The number of hydrogen-bond acceptors (Lipinski definition) is 7. The average molecular weight is 423 g/mol. The van der Waals surface area contributed by atoms with E-state index in [1.807, 2.05) is 19.9 Å². The topological polar surface area (TPSA) is 102 Å². The summed E-state index contributed by atoms with van der Waals surface area (Å²) in [6.45, 7) is 5.81. The van der Waals surface area contributed by atoms with Crippen molar-refractivity contribution in [1.29, 1.82) is 0 Å². The van der Waals surface area contributed by atoms with Gasteiger partial charge in [-0.05, 0) is 57.4 Å². The molecule has 2 amide bonds. The number of hydrazone groups is 1. The third-order valence-electron chi connectivity index (χ3n) is 4.37. The largest absolute Gasteiger partial charge is 0.447 e. The van der Waals surface area contributed by atoms with Gasteiger partial charge in [0.1, 0.15) is 6.61 Å². The molecule has 0 spiro atoms. The molecule has 0 aromatic carbocycles. The lowest BCUT2D eigenvalue weighted by Gasteiger charge is -2.29. The van der Waals surface area contributed by atoms with Crippen molar-refractivity contribution in [2.75, 3.05) is 5.75 Å². The van der Waals surface area contributed by atoms with Crippen LogP contribution in [-0.4, -0.2) is 40.1 Å². The van der Waals surface area contributed by atoms with Gasteiger partial charge in [-0.3, -0.25) is 4.98 Å². The highest BCUT2D eigenvalue weighted by molar-refractivity contribution is 8.13. The van der Waals surface area contributed by atoms with E-state index in [4.69, 9.17) is 9.47 Å². The van der Waals surface area contributed by atoms with Crippen molar-refractivity contribution in [3.05, 3.63) is 30.1 Å². The average Bonchev–Trinajstić information content (AvgIpc) is 2.70. The number of carbonyl (C=O) groups is 2. The highest BCUT2D eigenvalue weighted by atomic mass is 32.2. The van der Waals surface area contributed by atoms with E-state index in [0.717, 1.165) is 36.5 Å². The second kappa shape index (κ2) is 12.3. The van der Waals surface area contributed by atoms with Crippen LogP contribution >= 0.6 is 11.8 Å². The minimum atomic E-state index is -0.600. The normalized spacial score (nSPS) is 19.5. The van der Waals surface area contributed by atoms with Crippen LogP contribution in [0.5, 0.6) is 0 Å². The van der Waals surface area contributed by atoms with Crippen molar-refractivity contribution in [3.63, 3.8) is 0 Å². The maximum atomic E-state index is 11.9. The fraction of sp³-hybridized carbons (Fsp3) is 0.600. The van der Waals surface area contributed by atoms with Gasteiger partial charge in [-0.25, -0.2) is 15.0 Å². The van der Waals surface area contributed by atoms with Crippen LogP contribution < -0.4 is 10.7 Å². The molecule has 0 unspecified atom stereocenters. The van der Waals surface area contributed by atoms with E-state index in [-0.39, 0.29) is 30.8 Å². The number of ether oxygens (including phenoxy) is 2. The van der Waals surface area contributed by atoms with E-state index in [1.54, 1.807) is 30.1 Å². The molecule has 0 atom stereocenters. The molecule has 1 aliphatic rings. The molecule has 1 aromatic rings. The van der Waals surface area contributed by atoms with E-state index < -0.39 is 6.09 Å². The summed E-state index contributed by atoms with van der Waals surface area (Å²) in [5.41, 5.74) is 3.17. The Kier molecular flexibility index (Phi) is 9.76. The molecule has 0 radical (unpaired) electrons. The molecule has 1 heterocycles. The molecular weight excluding hydrogens is 392 g/mol. The third-order valence-corrected chi connectivity index (χ3v) is 5.38. The van der Waals surface area contributed by atoms with E-state index in [2.05, 4.69) is 27.8 Å². The zero-order chi connectivity index (χ0) is 21.1. The van der Waals surface area contributed by atoms with Crippen LogP contribution in [0.15, 0.2) is 29.5 Å². The van der Waals surface area contributed by atoms with Gasteiger partial charge in [0, 0.05) is 18.2 Å². The van der Waals surface area contributed by atoms with Crippen LogP contribution in [0, 0.1) is 5.92 Å². The molecule has 0 aliphatic heterocycles. The Morgan fingerprint density at radius 3 is 2.62 bits per heavy atom. The summed E-state index contributed by atoms with van der Waals surface area (Å²) in [4.78, 5) is 27.8. The van der Waals surface area contributed by atoms with Crippen molar-refractivity contribution in [2.45, 2.75) is 65.2 Å². The van der Waals surface area contributed by atoms with E-state index >= 15 is 0 Å². The number of rotatable bonds is 7. The molecular formula is C20H30N4O4S. The molecule has 8 nitrogen and oxygen atoms in total. The molecule has 160 valence electrons. The number of aromatic nitrogens is 1. The molecule has 9 heteroatoms. The van der Waals surface area contributed by atoms with Gasteiger partial charge < -0.3 is 14.8 Å². The van der Waals surface area contributed by atoms with Gasteiger partial charge in [0.25, 0.3) is 0 Å². The van der Waals surface area contributed by atoms with Gasteiger partial charge >= 0.3 is 12.2 Å². The number of pyridine rings is 1. The first-order valence-corrected chi connectivity index (χ1v) is 11.0. The molecule has 0 saturated heterocycles. The van der Waals surface area contributed by atoms with Crippen LogP contribution in [-0.2, 0) is 16.1 Å². The number of carbonyl (C=O) groups excluding carboxylic acids is 2. The van der Waals surface area contributed by atoms with Gasteiger partial charge in [-0.1, -0.05) is 13.0 Å². The summed E-state index contributed by atoms with van der Waals surface area (Å²) in [5, 5.41) is 8.11. The number of hydrogen-bond donors (Lipinski definition) is 2. The molecule has 0 bridgehead atoms. The summed E-state index contributed by atoms with van der Waals surface area (Å²) < 4.78 is 10.3. The molecule has 1 aromatic heterocycles. The quantitative estimate of drug-likeness (QED) is 0.390. The Labute approximate surface area is 176 Å². The number of amides is 2. The van der Waals surface area contributed by atoms with Gasteiger partial charge in [-0.2, -0.15) is 5.10 Å². The first-order chi connectivity index (χ1) is 14.0. The van der Waals surface area contributed by atoms with Crippen LogP contribution in [0.4, 0.5) is 9.59 Å². The predicted octanol–water partition coefficient (Wildman–Crippen LogP) is 4.07. The minimum Gasteiger partial charge on any atom is -0.447 e. The Hall–Kier alpha value is -2.29. The second-order valence-corrected chi connectivity index (χ2v) is 8.32. The Balaban J connectivity index is 1.79. The lowest BCUT2D eigenvalue weighted by Crippen LogP contribution is -2.39. The summed E-state index contributed by atoms with van der Waals surface area (Å²) in [6.07, 6.45) is 4.05. The lowest BCUT2D eigenvalue weighted by atomic mass is 9.86. The molecule has 1 fully saturated rings. The smallest absolute Gasteiger partial charge is 0.428 e. The van der Waals surface area contributed by atoms with Crippen molar-refractivity contribution in [3.8, 4) is 0 Å². The highest BCUT2D eigenvalue weighted by Gasteiger charge is 2.26. The van der Waals surface area contributed by atoms with Gasteiger partial charge in [0.15, 0.2) is 0 Å². The number of alkyl carbamates (subject to hydrolysis) is 1. The summed E-state index contributed by atoms with van der Waals surface area (Å²) in [6, 6.07) is 5.55. The summed E-state index contributed by atoms with van der Waals surface area (Å²) in [7, 11) is 0. The van der Waals surface area contributed by atoms with Crippen LogP contribution in [0.3, 0.4) is 0 Å². The van der Waals surface area contributed by atoms with Crippen molar-refractivity contribution in [2.24, 2.45) is 11.0 Å². The first kappa shape index (κ1) is 23.0. The SMILES string of the molecule is CCS/C(=N\NC(=O)OCc1ccccn1)C1CCC(NC(=O)OC(C)C)CC1. The van der Waals surface area contributed by atoms with E-state index in [0.29, 0.717) is 5.69 Å².